The summed E-state index contributed by atoms with van der Waals surface area (Å²) in [6.07, 6.45) is 1.47. The van der Waals surface area contributed by atoms with Crippen LogP contribution in [-0.2, 0) is 9.53 Å². The second kappa shape index (κ2) is 5.61. The van der Waals surface area contributed by atoms with Gasteiger partial charge in [0.2, 0.25) is 0 Å². The monoisotopic (exact) mass is 265 g/mol. The Morgan fingerprint density at radius 1 is 1.59 bits per heavy atom. The maximum atomic E-state index is 11.2. The van der Waals surface area contributed by atoms with Crippen LogP contribution in [0.4, 0.5) is 0 Å². The predicted octanol–water partition coefficient (Wildman–Crippen LogP) is 1.85. The molecule has 0 radical (unpaired) electrons. The fourth-order valence-electron chi connectivity index (χ4n) is 1.16. The smallest absolute Gasteiger partial charge is 0.317 e. The van der Waals surface area contributed by atoms with Crippen molar-refractivity contribution in [3.05, 3.63) is 17.8 Å². The second-order valence-corrected chi connectivity index (χ2v) is 4.78. The van der Waals surface area contributed by atoms with Crippen molar-refractivity contribution in [2.24, 2.45) is 0 Å². The zero-order valence-corrected chi connectivity index (χ0v) is 10.3. The molecule has 0 aliphatic heterocycles. The van der Waals surface area contributed by atoms with Gasteiger partial charge in [0.05, 0.1) is 5.75 Å². The first-order valence-electron chi connectivity index (χ1n) is 4.65. The number of fused-ring (bicyclic) bond motifs is 1. The highest BCUT2D eigenvalue weighted by molar-refractivity contribution is 8.00. The van der Waals surface area contributed by atoms with Gasteiger partial charge in [-0.25, -0.2) is 9.97 Å². The fourth-order valence-corrected chi connectivity index (χ4v) is 2.74. The molecule has 7 heteroatoms. The summed E-state index contributed by atoms with van der Waals surface area (Å²) >= 11 is 2.81. The van der Waals surface area contributed by atoms with Crippen LogP contribution in [0.1, 0.15) is 0 Å². The van der Waals surface area contributed by atoms with Crippen molar-refractivity contribution in [1.29, 1.82) is 5.26 Å². The van der Waals surface area contributed by atoms with Crippen molar-refractivity contribution in [2.45, 2.75) is 5.03 Å². The summed E-state index contributed by atoms with van der Waals surface area (Å²) in [5.41, 5.74) is 0. The zero-order chi connectivity index (χ0) is 12.1. The second-order valence-electron chi connectivity index (χ2n) is 2.93. The first-order chi connectivity index (χ1) is 8.31. The molecule has 0 atom stereocenters. The number of thiophene rings is 1. The summed E-state index contributed by atoms with van der Waals surface area (Å²) in [4.78, 5) is 20.3. The largest absolute Gasteiger partial charge is 0.450 e. The molecule has 0 amide bonds. The average molecular weight is 265 g/mol. The normalized spacial score (nSPS) is 10.1. The van der Waals surface area contributed by atoms with E-state index in [1.165, 1.54) is 29.4 Å². The van der Waals surface area contributed by atoms with E-state index in [9.17, 15) is 4.79 Å². The molecule has 0 saturated heterocycles. The first kappa shape index (κ1) is 11.8. The average Bonchev–Trinajstić information content (AvgIpc) is 2.82. The lowest BCUT2D eigenvalue weighted by Crippen LogP contribution is -2.07. The maximum absolute atomic E-state index is 11.2. The van der Waals surface area contributed by atoms with Crippen LogP contribution in [-0.4, -0.2) is 28.3 Å². The first-order valence-corrected chi connectivity index (χ1v) is 6.51. The number of aromatic nitrogens is 2. The molecule has 0 spiro atoms. The van der Waals surface area contributed by atoms with E-state index < -0.39 is 5.97 Å². The van der Waals surface area contributed by atoms with Gasteiger partial charge >= 0.3 is 5.97 Å². The summed E-state index contributed by atoms with van der Waals surface area (Å²) in [5, 5.41) is 11.9. The van der Waals surface area contributed by atoms with Crippen LogP contribution in [0.5, 0.6) is 0 Å². The minimum atomic E-state index is -0.418. The lowest BCUT2D eigenvalue weighted by Gasteiger charge is -2.01. The number of thioether (sulfide) groups is 1. The highest BCUT2D eigenvalue weighted by Gasteiger charge is 2.09. The Morgan fingerprint density at radius 3 is 3.29 bits per heavy atom. The van der Waals surface area contributed by atoms with E-state index in [-0.39, 0.29) is 12.4 Å². The summed E-state index contributed by atoms with van der Waals surface area (Å²) in [5.74, 6) is -0.276. The Bertz CT molecular complexity index is 576. The van der Waals surface area contributed by atoms with Gasteiger partial charge in [0, 0.05) is 5.39 Å². The summed E-state index contributed by atoms with van der Waals surface area (Å²) < 4.78 is 4.64. The van der Waals surface area contributed by atoms with E-state index in [0.717, 1.165) is 15.2 Å². The molecular formula is C10H7N3O2S2. The predicted molar refractivity (Wildman–Crippen MR) is 64.7 cm³/mol. The van der Waals surface area contributed by atoms with E-state index >= 15 is 0 Å². The number of hydrogen-bond acceptors (Lipinski definition) is 7. The van der Waals surface area contributed by atoms with Crippen LogP contribution in [0.15, 0.2) is 22.8 Å². The van der Waals surface area contributed by atoms with Gasteiger partial charge in [-0.3, -0.25) is 4.79 Å². The summed E-state index contributed by atoms with van der Waals surface area (Å²) in [7, 11) is 0. The van der Waals surface area contributed by atoms with E-state index in [1.54, 1.807) is 6.07 Å². The third-order valence-electron chi connectivity index (χ3n) is 1.85. The molecule has 2 rings (SSSR count). The van der Waals surface area contributed by atoms with E-state index in [0.29, 0.717) is 0 Å². The molecule has 2 aromatic heterocycles. The van der Waals surface area contributed by atoms with Gasteiger partial charge in [0.15, 0.2) is 6.61 Å². The van der Waals surface area contributed by atoms with Gasteiger partial charge in [-0.2, -0.15) is 5.26 Å². The van der Waals surface area contributed by atoms with Gasteiger partial charge in [-0.05, 0) is 11.4 Å². The minimum Gasteiger partial charge on any atom is -0.450 e. The number of nitriles is 1. The van der Waals surface area contributed by atoms with Crippen LogP contribution in [0.3, 0.4) is 0 Å². The van der Waals surface area contributed by atoms with Crippen molar-refractivity contribution in [3.8, 4) is 6.07 Å². The van der Waals surface area contributed by atoms with Crippen molar-refractivity contribution in [1.82, 2.24) is 9.97 Å². The van der Waals surface area contributed by atoms with Crippen molar-refractivity contribution in [2.75, 3.05) is 12.4 Å². The zero-order valence-electron chi connectivity index (χ0n) is 8.62. The van der Waals surface area contributed by atoms with Crippen LogP contribution in [0.2, 0.25) is 0 Å². The summed E-state index contributed by atoms with van der Waals surface area (Å²) in [6, 6.07) is 3.67. The van der Waals surface area contributed by atoms with Crippen LogP contribution in [0, 0.1) is 11.3 Å². The molecule has 0 fully saturated rings. The highest BCUT2D eigenvalue weighted by Crippen LogP contribution is 2.27. The number of hydrogen-bond donors (Lipinski definition) is 0. The molecule has 0 aromatic carbocycles. The van der Waals surface area contributed by atoms with Crippen LogP contribution in [0.25, 0.3) is 10.2 Å². The third-order valence-corrected chi connectivity index (χ3v) is 3.65. The van der Waals surface area contributed by atoms with Gasteiger partial charge in [0.1, 0.15) is 22.3 Å². The maximum Gasteiger partial charge on any atom is 0.317 e. The number of rotatable bonds is 4. The van der Waals surface area contributed by atoms with E-state index in [2.05, 4.69) is 14.7 Å². The van der Waals surface area contributed by atoms with E-state index in [1.807, 2.05) is 11.4 Å². The SMILES string of the molecule is N#CCOC(=O)CSc1ncnc2sccc12. The van der Waals surface area contributed by atoms with Crippen molar-refractivity contribution in [3.63, 3.8) is 0 Å². The molecule has 0 unspecified atom stereocenters. The van der Waals surface area contributed by atoms with Crippen molar-refractivity contribution < 1.29 is 9.53 Å². The Hall–Kier alpha value is -1.65. The third kappa shape index (κ3) is 2.93. The highest BCUT2D eigenvalue weighted by atomic mass is 32.2. The number of esters is 1. The molecular weight excluding hydrogens is 258 g/mol. The molecule has 0 aliphatic rings. The number of carbonyl (C=O) groups is 1. The number of carbonyl (C=O) groups excluding carboxylic acids is 1. The van der Waals surface area contributed by atoms with Gasteiger partial charge in [-0.1, -0.05) is 11.8 Å². The molecule has 2 aromatic rings. The van der Waals surface area contributed by atoms with Gasteiger partial charge in [-0.15, -0.1) is 11.3 Å². The molecule has 17 heavy (non-hydrogen) atoms. The van der Waals surface area contributed by atoms with Crippen LogP contribution >= 0.6 is 23.1 Å². The van der Waals surface area contributed by atoms with Gasteiger partial charge < -0.3 is 4.74 Å². The molecule has 86 valence electrons. The Balaban J connectivity index is 2.02. The summed E-state index contributed by atoms with van der Waals surface area (Å²) in [6.45, 7) is -0.211. The Kier molecular flexibility index (Phi) is 3.90. The topological polar surface area (TPSA) is 75.9 Å². The standard InChI is InChI=1S/C10H7N3O2S2/c11-2-3-15-8(14)5-17-10-7-1-4-16-9(7)12-6-13-10/h1,4,6H,3,5H2. The quantitative estimate of drug-likeness (QED) is 0.477. The lowest BCUT2D eigenvalue weighted by molar-refractivity contribution is -0.139. The molecule has 0 saturated carbocycles. The number of nitrogens with zero attached hydrogens (tertiary/aromatic N) is 3. The molecule has 2 heterocycles. The molecule has 5 nitrogen and oxygen atoms in total. The molecule has 0 aliphatic carbocycles. The molecule has 0 N–H and O–H groups in total. The fraction of sp³-hybridized carbons (Fsp3) is 0.200. The number of ether oxygens (including phenoxy) is 1. The molecule has 0 bridgehead atoms. The lowest BCUT2D eigenvalue weighted by atomic mass is 10.4. The minimum absolute atomic E-state index is 0.142. The van der Waals surface area contributed by atoms with Gasteiger partial charge in [0.25, 0.3) is 0 Å². The Labute approximate surface area is 105 Å². The Morgan fingerprint density at radius 2 is 2.47 bits per heavy atom. The van der Waals surface area contributed by atoms with E-state index in [4.69, 9.17) is 5.26 Å². The van der Waals surface area contributed by atoms with Crippen LogP contribution < -0.4 is 0 Å². The van der Waals surface area contributed by atoms with Crippen molar-refractivity contribution >= 4 is 39.3 Å².